The molecule has 0 fully saturated rings. The Hall–Kier alpha value is -1.80. The van der Waals surface area contributed by atoms with Gasteiger partial charge in [0.15, 0.2) is 0 Å². The molecule has 0 saturated carbocycles. The minimum Gasteiger partial charge on any atom is -0.378 e. The fourth-order valence-corrected chi connectivity index (χ4v) is 3.21. The summed E-state index contributed by atoms with van der Waals surface area (Å²) in [6.07, 6.45) is 2.42. The Morgan fingerprint density at radius 2 is 1.76 bits per heavy atom. The summed E-state index contributed by atoms with van der Waals surface area (Å²) >= 11 is 0. The molecule has 0 spiro atoms. The smallest absolute Gasteiger partial charge is 0.0361 e. The van der Waals surface area contributed by atoms with Gasteiger partial charge >= 0.3 is 0 Å². The maximum absolute atomic E-state index is 3.57. The molecule has 3 rings (SSSR count). The Labute approximate surface area is 127 Å². The normalized spacial score (nSPS) is 16.8. The van der Waals surface area contributed by atoms with Gasteiger partial charge in [-0.1, -0.05) is 37.3 Å². The first kappa shape index (κ1) is 14.2. The molecular weight excluding hydrogens is 256 g/mol. The third-order valence-corrected chi connectivity index (χ3v) is 4.39. The summed E-state index contributed by atoms with van der Waals surface area (Å²) in [6.45, 7) is 3.22. The molecule has 1 aliphatic rings. The predicted octanol–water partition coefficient (Wildman–Crippen LogP) is 4.02. The fraction of sp³-hybridized carbons (Fsp3) is 0.368. The van der Waals surface area contributed by atoms with Crippen molar-refractivity contribution in [1.29, 1.82) is 0 Å². The Bertz CT molecular complexity index is 614. The van der Waals surface area contributed by atoms with E-state index < -0.39 is 0 Å². The van der Waals surface area contributed by atoms with Crippen LogP contribution in [-0.2, 0) is 6.42 Å². The number of fused-ring (bicyclic) bond motifs is 1. The van der Waals surface area contributed by atoms with Gasteiger partial charge in [-0.3, -0.25) is 0 Å². The average Bonchev–Trinajstić information content (AvgIpc) is 2.90. The number of aryl methyl sites for hydroxylation is 1. The molecule has 0 saturated heterocycles. The molecule has 0 aliphatic heterocycles. The standard InChI is InChI=1S/C19H24N2/c1-4-20-19-12-8-16-13-15(7-11-18(16)19)14-5-9-17(10-6-14)21(2)3/h5-7,9-11,13,19-20H,4,8,12H2,1-3H3. The van der Waals surface area contributed by atoms with Crippen LogP contribution in [0.2, 0.25) is 0 Å². The molecule has 0 aromatic heterocycles. The van der Waals surface area contributed by atoms with E-state index in [-0.39, 0.29) is 0 Å². The van der Waals surface area contributed by atoms with Gasteiger partial charge in [-0.15, -0.1) is 0 Å². The molecule has 0 amide bonds. The van der Waals surface area contributed by atoms with Gasteiger partial charge in [-0.2, -0.15) is 0 Å². The van der Waals surface area contributed by atoms with Gasteiger partial charge in [0.2, 0.25) is 0 Å². The first-order valence-corrected chi connectivity index (χ1v) is 7.83. The van der Waals surface area contributed by atoms with E-state index in [1.807, 2.05) is 0 Å². The summed E-state index contributed by atoms with van der Waals surface area (Å²) < 4.78 is 0. The summed E-state index contributed by atoms with van der Waals surface area (Å²) in [4.78, 5) is 2.13. The number of hydrogen-bond donors (Lipinski definition) is 1. The zero-order valence-electron chi connectivity index (χ0n) is 13.2. The second kappa shape index (κ2) is 5.90. The maximum Gasteiger partial charge on any atom is 0.0361 e. The second-order valence-corrected chi connectivity index (χ2v) is 6.00. The molecular formula is C19H24N2. The number of benzene rings is 2. The van der Waals surface area contributed by atoms with Gasteiger partial charge in [0.05, 0.1) is 0 Å². The molecule has 1 aliphatic carbocycles. The molecule has 0 heterocycles. The van der Waals surface area contributed by atoms with Crippen molar-refractivity contribution in [2.45, 2.75) is 25.8 Å². The van der Waals surface area contributed by atoms with Crippen molar-refractivity contribution >= 4 is 5.69 Å². The lowest BCUT2D eigenvalue weighted by Crippen LogP contribution is -2.18. The Morgan fingerprint density at radius 3 is 2.43 bits per heavy atom. The summed E-state index contributed by atoms with van der Waals surface area (Å²) in [7, 11) is 4.15. The van der Waals surface area contributed by atoms with Crippen LogP contribution in [0.25, 0.3) is 11.1 Å². The maximum atomic E-state index is 3.57. The molecule has 2 aromatic carbocycles. The monoisotopic (exact) mass is 280 g/mol. The van der Waals surface area contributed by atoms with E-state index in [9.17, 15) is 0 Å². The highest BCUT2D eigenvalue weighted by atomic mass is 15.1. The topological polar surface area (TPSA) is 15.3 Å². The van der Waals surface area contributed by atoms with Crippen LogP contribution in [0.1, 0.15) is 30.5 Å². The lowest BCUT2D eigenvalue weighted by Gasteiger charge is -2.14. The largest absolute Gasteiger partial charge is 0.378 e. The number of nitrogens with one attached hydrogen (secondary N) is 1. The van der Waals surface area contributed by atoms with Crippen LogP contribution in [0, 0.1) is 0 Å². The highest BCUT2D eigenvalue weighted by molar-refractivity contribution is 5.68. The first-order chi connectivity index (χ1) is 10.2. The Morgan fingerprint density at radius 1 is 1.05 bits per heavy atom. The second-order valence-electron chi connectivity index (χ2n) is 6.00. The van der Waals surface area contributed by atoms with E-state index in [0.717, 1.165) is 6.54 Å². The van der Waals surface area contributed by atoms with Crippen LogP contribution in [0.4, 0.5) is 5.69 Å². The van der Waals surface area contributed by atoms with Crippen LogP contribution in [0.3, 0.4) is 0 Å². The number of anilines is 1. The van der Waals surface area contributed by atoms with E-state index in [2.05, 4.69) is 73.7 Å². The van der Waals surface area contributed by atoms with Gasteiger partial charge in [0.25, 0.3) is 0 Å². The van der Waals surface area contributed by atoms with Crippen molar-refractivity contribution < 1.29 is 0 Å². The fourth-order valence-electron chi connectivity index (χ4n) is 3.21. The van der Waals surface area contributed by atoms with Gasteiger partial charge in [-0.05, 0) is 53.8 Å². The van der Waals surface area contributed by atoms with E-state index >= 15 is 0 Å². The number of rotatable bonds is 4. The highest BCUT2D eigenvalue weighted by Gasteiger charge is 2.21. The van der Waals surface area contributed by atoms with Gasteiger partial charge in [0.1, 0.15) is 0 Å². The van der Waals surface area contributed by atoms with Crippen molar-refractivity contribution in [1.82, 2.24) is 5.32 Å². The van der Waals surface area contributed by atoms with Gasteiger partial charge in [0, 0.05) is 25.8 Å². The van der Waals surface area contributed by atoms with Crippen LogP contribution < -0.4 is 10.2 Å². The number of hydrogen-bond acceptors (Lipinski definition) is 2. The molecule has 0 radical (unpaired) electrons. The summed E-state index contributed by atoms with van der Waals surface area (Å²) in [5.74, 6) is 0. The summed E-state index contributed by atoms with van der Waals surface area (Å²) in [5.41, 5.74) is 6.87. The Kier molecular flexibility index (Phi) is 3.98. The molecule has 2 nitrogen and oxygen atoms in total. The lowest BCUT2D eigenvalue weighted by atomic mass is 9.99. The van der Waals surface area contributed by atoms with Crippen LogP contribution in [0.5, 0.6) is 0 Å². The third-order valence-electron chi connectivity index (χ3n) is 4.39. The Balaban J connectivity index is 1.87. The zero-order valence-corrected chi connectivity index (χ0v) is 13.2. The third kappa shape index (κ3) is 2.81. The van der Waals surface area contributed by atoms with Crippen molar-refractivity contribution in [3.63, 3.8) is 0 Å². The van der Waals surface area contributed by atoms with E-state index in [4.69, 9.17) is 0 Å². The first-order valence-electron chi connectivity index (χ1n) is 7.83. The molecule has 1 N–H and O–H groups in total. The molecule has 1 atom stereocenters. The van der Waals surface area contributed by atoms with E-state index in [0.29, 0.717) is 6.04 Å². The van der Waals surface area contributed by atoms with Gasteiger partial charge in [-0.25, -0.2) is 0 Å². The number of nitrogens with zero attached hydrogens (tertiary/aromatic N) is 1. The highest BCUT2D eigenvalue weighted by Crippen LogP contribution is 2.34. The molecule has 2 heteroatoms. The van der Waals surface area contributed by atoms with Crippen molar-refractivity contribution in [3.8, 4) is 11.1 Å². The van der Waals surface area contributed by atoms with Crippen molar-refractivity contribution in [3.05, 3.63) is 53.6 Å². The van der Waals surface area contributed by atoms with Crippen molar-refractivity contribution in [2.24, 2.45) is 0 Å². The molecule has 2 aromatic rings. The minimum atomic E-state index is 0.551. The molecule has 1 unspecified atom stereocenters. The van der Waals surface area contributed by atoms with Crippen molar-refractivity contribution in [2.75, 3.05) is 25.5 Å². The molecule has 110 valence electrons. The summed E-state index contributed by atoms with van der Waals surface area (Å²) in [5, 5.41) is 3.57. The quantitative estimate of drug-likeness (QED) is 0.910. The van der Waals surface area contributed by atoms with E-state index in [1.54, 1.807) is 0 Å². The zero-order chi connectivity index (χ0) is 14.8. The van der Waals surface area contributed by atoms with Crippen LogP contribution in [0.15, 0.2) is 42.5 Å². The SMILES string of the molecule is CCNC1CCc2cc(-c3ccc(N(C)C)cc3)ccc21. The molecule has 21 heavy (non-hydrogen) atoms. The van der Waals surface area contributed by atoms with E-state index in [1.165, 1.54) is 40.8 Å². The molecule has 0 bridgehead atoms. The average molecular weight is 280 g/mol. The van der Waals surface area contributed by atoms with Gasteiger partial charge < -0.3 is 10.2 Å². The summed E-state index contributed by atoms with van der Waals surface area (Å²) in [6, 6.07) is 16.3. The van der Waals surface area contributed by atoms with Crippen LogP contribution in [-0.4, -0.2) is 20.6 Å². The van der Waals surface area contributed by atoms with Crippen LogP contribution >= 0.6 is 0 Å². The predicted molar refractivity (Wildman–Crippen MR) is 90.9 cm³/mol. The minimum absolute atomic E-state index is 0.551. The lowest BCUT2D eigenvalue weighted by molar-refractivity contribution is 0.549.